The molecule has 0 heterocycles. The molecule has 0 aliphatic rings. The summed E-state index contributed by atoms with van der Waals surface area (Å²) in [6, 6.07) is 73.5. The highest BCUT2D eigenvalue weighted by Crippen LogP contribution is 2.41. The van der Waals surface area contributed by atoms with Crippen molar-refractivity contribution in [1.82, 2.24) is 0 Å². The van der Waals surface area contributed by atoms with E-state index in [4.69, 9.17) is 0 Å². The summed E-state index contributed by atoms with van der Waals surface area (Å²) in [7, 11) is 0. The summed E-state index contributed by atoms with van der Waals surface area (Å²) in [6.07, 6.45) is 0. The second-order valence-corrected chi connectivity index (χ2v) is 13.0. The molecule has 1 atom stereocenters. The third-order valence-corrected chi connectivity index (χ3v) is 9.92. The van der Waals surface area contributed by atoms with Crippen LogP contribution >= 0.6 is 0 Å². The molecule has 0 fully saturated rings. The highest BCUT2D eigenvalue weighted by Gasteiger charge is 2.22. The van der Waals surface area contributed by atoms with Crippen LogP contribution in [0.5, 0.6) is 0 Å². The Bertz CT molecular complexity index is 2530. The fraction of sp³-hybridized carbons (Fsp3) is 0.0204. The van der Waals surface area contributed by atoms with E-state index in [1.54, 1.807) is 0 Å². The molecule has 0 saturated heterocycles. The molecule has 1 unspecified atom stereocenters. The van der Waals surface area contributed by atoms with E-state index in [1.807, 2.05) is 0 Å². The van der Waals surface area contributed by atoms with Crippen molar-refractivity contribution in [1.29, 1.82) is 0 Å². The fourth-order valence-electron chi connectivity index (χ4n) is 7.46. The van der Waals surface area contributed by atoms with Gasteiger partial charge in [-0.05, 0) is 101 Å². The molecule has 0 heteroatoms. The highest BCUT2D eigenvalue weighted by atomic mass is 14.2. The van der Waals surface area contributed by atoms with Crippen molar-refractivity contribution in [2.24, 2.45) is 0 Å². The summed E-state index contributed by atoms with van der Waals surface area (Å²) in [6.45, 7) is 0. The van der Waals surface area contributed by atoms with Crippen molar-refractivity contribution in [3.63, 3.8) is 0 Å². The Balaban J connectivity index is 1.27. The molecular weight excluding hydrogens is 589 g/mol. The van der Waals surface area contributed by atoms with Crippen molar-refractivity contribution in [2.45, 2.75) is 5.92 Å². The molecule has 0 spiro atoms. The maximum absolute atomic E-state index is 2.42. The largest absolute Gasteiger partial charge is 0.0622 e. The predicted octanol–water partition coefficient (Wildman–Crippen LogP) is 13.3. The van der Waals surface area contributed by atoms with Crippen molar-refractivity contribution < 1.29 is 0 Å². The molecule has 0 amide bonds. The molecule has 9 aromatic rings. The third-order valence-electron chi connectivity index (χ3n) is 9.92. The van der Waals surface area contributed by atoms with E-state index in [0.717, 1.165) is 0 Å². The van der Waals surface area contributed by atoms with Gasteiger partial charge >= 0.3 is 0 Å². The van der Waals surface area contributed by atoms with Gasteiger partial charge < -0.3 is 0 Å². The van der Waals surface area contributed by atoms with Crippen LogP contribution in [0.25, 0.3) is 65.7 Å². The van der Waals surface area contributed by atoms with Gasteiger partial charge in [0.1, 0.15) is 0 Å². The summed E-state index contributed by atoms with van der Waals surface area (Å²) in [5.74, 6) is 0.0194. The van der Waals surface area contributed by atoms with Crippen LogP contribution in [0.2, 0.25) is 0 Å². The van der Waals surface area contributed by atoms with E-state index in [0.29, 0.717) is 0 Å². The van der Waals surface area contributed by atoms with Gasteiger partial charge in [0.15, 0.2) is 0 Å². The van der Waals surface area contributed by atoms with Crippen LogP contribution in [0.1, 0.15) is 22.6 Å². The van der Waals surface area contributed by atoms with Crippen molar-refractivity contribution >= 4 is 32.3 Å². The summed E-state index contributed by atoms with van der Waals surface area (Å²) >= 11 is 0. The molecular formula is C49H34. The lowest BCUT2D eigenvalue weighted by atomic mass is 9.80. The molecule has 0 N–H and O–H groups in total. The van der Waals surface area contributed by atoms with Crippen LogP contribution in [0.4, 0.5) is 0 Å². The lowest BCUT2D eigenvalue weighted by molar-refractivity contribution is 0.993. The molecule has 0 bridgehead atoms. The first-order valence-electron chi connectivity index (χ1n) is 17.0. The average Bonchev–Trinajstić information content (AvgIpc) is 3.18. The summed E-state index contributed by atoms with van der Waals surface area (Å²) in [5.41, 5.74) is 11.2. The second kappa shape index (κ2) is 12.4. The van der Waals surface area contributed by atoms with E-state index < -0.39 is 0 Å². The number of benzene rings is 9. The van der Waals surface area contributed by atoms with Crippen LogP contribution in [0.3, 0.4) is 0 Å². The van der Waals surface area contributed by atoms with Gasteiger partial charge in [-0.3, -0.25) is 0 Å². The number of hydrogen-bond donors (Lipinski definition) is 0. The van der Waals surface area contributed by atoms with Gasteiger partial charge in [-0.2, -0.15) is 0 Å². The normalized spacial score (nSPS) is 12.0. The summed E-state index contributed by atoms with van der Waals surface area (Å²) < 4.78 is 0. The molecule has 9 aromatic carbocycles. The Morgan fingerprint density at radius 2 is 0.776 bits per heavy atom. The van der Waals surface area contributed by atoms with Gasteiger partial charge in [0.2, 0.25) is 0 Å². The van der Waals surface area contributed by atoms with Gasteiger partial charge in [-0.25, -0.2) is 0 Å². The zero-order chi connectivity index (χ0) is 32.6. The first-order chi connectivity index (χ1) is 24.3. The van der Waals surface area contributed by atoms with Gasteiger partial charge in [-0.1, -0.05) is 182 Å². The molecule has 0 saturated carbocycles. The minimum absolute atomic E-state index is 0.0194. The molecule has 9 rings (SSSR count). The molecule has 0 nitrogen and oxygen atoms in total. The molecule has 0 radical (unpaired) electrons. The van der Waals surface area contributed by atoms with Gasteiger partial charge in [0.05, 0.1) is 0 Å². The number of hydrogen-bond acceptors (Lipinski definition) is 0. The first-order valence-corrected chi connectivity index (χ1v) is 17.0. The van der Waals surface area contributed by atoms with E-state index in [-0.39, 0.29) is 5.92 Å². The number of rotatable bonds is 6. The second-order valence-electron chi connectivity index (χ2n) is 13.0. The monoisotopic (exact) mass is 622 g/mol. The Morgan fingerprint density at radius 3 is 1.47 bits per heavy atom. The van der Waals surface area contributed by atoms with Crippen LogP contribution in [-0.2, 0) is 0 Å². The molecule has 230 valence electrons. The maximum Gasteiger partial charge on any atom is 0.0346 e. The van der Waals surface area contributed by atoms with E-state index in [9.17, 15) is 0 Å². The van der Waals surface area contributed by atoms with E-state index in [2.05, 4.69) is 200 Å². The first kappa shape index (κ1) is 28.9. The third kappa shape index (κ3) is 5.58. The Morgan fingerprint density at radius 1 is 0.245 bits per heavy atom. The van der Waals surface area contributed by atoms with E-state index in [1.165, 1.54) is 82.4 Å². The van der Waals surface area contributed by atoms with Crippen molar-refractivity contribution in [3.8, 4) is 33.4 Å². The standard InChI is InChI=1S/C49H34/c1-3-12-34(13-4-1)44-31-45(35-14-5-2-6-15-35)33-46(32-44)49(48-21-11-19-38-17-9-10-20-47(38)48)42-27-24-37-23-26-41(29-43(37)30-42)40-25-22-36-16-7-8-18-39(36)28-40/h1-33,49H. The van der Waals surface area contributed by atoms with Gasteiger partial charge in [-0.15, -0.1) is 0 Å². The minimum Gasteiger partial charge on any atom is -0.0622 e. The van der Waals surface area contributed by atoms with Crippen molar-refractivity contribution in [3.05, 3.63) is 217 Å². The van der Waals surface area contributed by atoms with Crippen LogP contribution in [0.15, 0.2) is 200 Å². The van der Waals surface area contributed by atoms with Crippen LogP contribution in [-0.4, -0.2) is 0 Å². The average molecular weight is 623 g/mol. The zero-order valence-electron chi connectivity index (χ0n) is 27.1. The summed E-state index contributed by atoms with van der Waals surface area (Å²) in [4.78, 5) is 0. The number of fused-ring (bicyclic) bond motifs is 3. The SMILES string of the molecule is c1ccc(-c2cc(-c3ccccc3)cc(C(c3ccc4ccc(-c5ccc6ccccc6c5)cc4c3)c3cccc4ccccc34)c2)cc1. The topological polar surface area (TPSA) is 0 Å². The highest BCUT2D eigenvalue weighted by molar-refractivity contribution is 5.93. The maximum atomic E-state index is 2.42. The Labute approximate surface area is 287 Å². The fourth-order valence-corrected chi connectivity index (χ4v) is 7.46. The van der Waals surface area contributed by atoms with Crippen LogP contribution < -0.4 is 0 Å². The lowest BCUT2D eigenvalue weighted by Crippen LogP contribution is -2.05. The molecule has 0 aromatic heterocycles. The van der Waals surface area contributed by atoms with E-state index >= 15 is 0 Å². The molecule has 49 heavy (non-hydrogen) atoms. The lowest BCUT2D eigenvalue weighted by Gasteiger charge is -2.23. The molecule has 0 aliphatic carbocycles. The predicted molar refractivity (Wildman–Crippen MR) is 209 cm³/mol. The van der Waals surface area contributed by atoms with Gasteiger partial charge in [0.25, 0.3) is 0 Å². The smallest absolute Gasteiger partial charge is 0.0346 e. The molecule has 0 aliphatic heterocycles. The van der Waals surface area contributed by atoms with Crippen LogP contribution in [0, 0.1) is 0 Å². The Hall–Kier alpha value is -6.24. The Kier molecular flexibility index (Phi) is 7.33. The van der Waals surface area contributed by atoms with Gasteiger partial charge in [0, 0.05) is 5.92 Å². The summed E-state index contributed by atoms with van der Waals surface area (Å²) in [5, 5.41) is 7.55. The minimum atomic E-state index is 0.0194. The quantitative estimate of drug-likeness (QED) is 0.162. The van der Waals surface area contributed by atoms with Crippen molar-refractivity contribution in [2.75, 3.05) is 0 Å². The zero-order valence-corrected chi connectivity index (χ0v) is 27.1.